The maximum Gasteiger partial charge on any atom is 0.155 e. The first-order valence-corrected chi connectivity index (χ1v) is 6.07. The maximum absolute atomic E-state index is 11.1. The van der Waals surface area contributed by atoms with E-state index in [9.17, 15) is 9.90 Å². The van der Waals surface area contributed by atoms with E-state index in [2.05, 4.69) is 6.58 Å². The van der Waals surface area contributed by atoms with Crippen molar-refractivity contribution in [2.24, 2.45) is 5.92 Å². The molecule has 0 amide bonds. The van der Waals surface area contributed by atoms with E-state index >= 15 is 0 Å². The lowest BCUT2D eigenvalue weighted by molar-refractivity contribution is -0.114. The highest BCUT2D eigenvalue weighted by Gasteiger charge is 2.26. The Labute approximate surface area is 103 Å². The smallest absolute Gasteiger partial charge is 0.155 e. The number of aliphatic hydroxyl groups is 2. The molecule has 2 N–H and O–H groups in total. The molecule has 0 saturated heterocycles. The molecule has 0 aliphatic carbocycles. The summed E-state index contributed by atoms with van der Waals surface area (Å²) in [5.74, 6) is -0.0700. The number of aliphatic hydroxyl groups excluding tert-OH is 2. The third-order valence-corrected chi connectivity index (χ3v) is 3.07. The second kappa shape index (κ2) is 9.33. The van der Waals surface area contributed by atoms with E-state index in [1.807, 2.05) is 6.92 Å². The second-order valence-electron chi connectivity index (χ2n) is 4.16. The minimum absolute atomic E-state index is 0.0237. The van der Waals surface area contributed by atoms with E-state index in [-0.39, 0.29) is 24.4 Å². The fourth-order valence-electron chi connectivity index (χ4n) is 2.00. The molecule has 0 rings (SSSR count). The first kappa shape index (κ1) is 16.3. The average Bonchev–Trinajstić information content (AvgIpc) is 2.36. The minimum atomic E-state index is -0.764. The van der Waals surface area contributed by atoms with Gasteiger partial charge in [0.25, 0.3) is 0 Å². The molecule has 100 valence electrons. The summed E-state index contributed by atoms with van der Waals surface area (Å²) < 4.78 is 5.33. The van der Waals surface area contributed by atoms with Crippen LogP contribution < -0.4 is 0 Å². The van der Waals surface area contributed by atoms with Gasteiger partial charge in [0.2, 0.25) is 0 Å². The number of hydrogen-bond donors (Lipinski definition) is 2. The number of carbonyl (C=O) groups excluding carboxylic acids is 1. The standard InChI is InChI=1S/C13H24O4/c1-4-10(15)7-6-8-13(17-3)11(5-2)12(16)9-14/h4,11-14,16H,1,5-9H2,2-3H3. The molecule has 3 unspecified atom stereocenters. The lowest BCUT2D eigenvalue weighted by Crippen LogP contribution is -2.35. The Morgan fingerprint density at radius 3 is 2.59 bits per heavy atom. The number of ether oxygens (including phenoxy) is 1. The van der Waals surface area contributed by atoms with Gasteiger partial charge < -0.3 is 14.9 Å². The van der Waals surface area contributed by atoms with Gasteiger partial charge >= 0.3 is 0 Å². The fraction of sp³-hybridized carbons (Fsp3) is 0.769. The van der Waals surface area contributed by atoms with Crippen LogP contribution in [-0.4, -0.2) is 41.9 Å². The van der Waals surface area contributed by atoms with Crippen LogP contribution in [0.5, 0.6) is 0 Å². The van der Waals surface area contributed by atoms with Crippen LogP contribution in [0, 0.1) is 5.92 Å². The third kappa shape index (κ3) is 5.96. The highest BCUT2D eigenvalue weighted by atomic mass is 16.5. The van der Waals surface area contributed by atoms with Crippen molar-refractivity contribution < 1.29 is 19.7 Å². The van der Waals surface area contributed by atoms with Crippen molar-refractivity contribution in [3.05, 3.63) is 12.7 Å². The van der Waals surface area contributed by atoms with E-state index in [1.54, 1.807) is 7.11 Å². The third-order valence-electron chi connectivity index (χ3n) is 3.07. The largest absolute Gasteiger partial charge is 0.394 e. The molecule has 0 aromatic carbocycles. The molecule has 0 aliphatic heterocycles. The topological polar surface area (TPSA) is 66.8 Å². The average molecular weight is 244 g/mol. The van der Waals surface area contributed by atoms with Crippen molar-refractivity contribution >= 4 is 5.78 Å². The zero-order chi connectivity index (χ0) is 13.3. The Balaban J connectivity index is 4.19. The molecule has 0 fully saturated rings. The number of methoxy groups -OCH3 is 1. The molecular weight excluding hydrogens is 220 g/mol. The van der Waals surface area contributed by atoms with Crippen molar-refractivity contribution in [1.29, 1.82) is 0 Å². The van der Waals surface area contributed by atoms with Crippen molar-refractivity contribution in [3.8, 4) is 0 Å². The molecule has 0 bridgehead atoms. The Morgan fingerprint density at radius 2 is 2.18 bits per heavy atom. The molecule has 0 spiro atoms. The summed E-state index contributed by atoms with van der Waals surface area (Å²) in [5.41, 5.74) is 0. The molecule has 0 aromatic heterocycles. The number of carbonyl (C=O) groups is 1. The predicted molar refractivity (Wildman–Crippen MR) is 66.7 cm³/mol. The van der Waals surface area contributed by atoms with Crippen LogP contribution in [0.3, 0.4) is 0 Å². The zero-order valence-corrected chi connectivity index (χ0v) is 10.8. The molecular formula is C13H24O4. The Bertz CT molecular complexity index is 227. The van der Waals surface area contributed by atoms with Gasteiger partial charge in [-0.05, 0) is 25.3 Å². The molecule has 0 heterocycles. The van der Waals surface area contributed by atoms with Crippen LogP contribution >= 0.6 is 0 Å². The molecule has 0 aromatic rings. The summed E-state index contributed by atoms with van der Waals surface area (Å²) in [6.45, 7) is 5.11. The number of rotatable bonds is 10. The Kier molecular flexibility index (Phi) is 8.94. The van der Waals surface area contributed by atoms with Gasteiger partial charge in [0, 0.05) is 19.4 Å². The van der Waals surface area contributed by atoms with Gasteiger partial charge in [-0.2, -0.15) is 0 Å². The van der Waals surface area contributed by atoms with Crippen LogP contribution in [0.2, 0.25) is 0 Å². The van der Waals surface area contributed by atoms with Gasteiger partial charge in [-0.3, -0.25) is 4.79 Å². The summed E-state index contributed by atoms with van der Waals surface area (Å²) in [5, 5.41) is 18.6. The lowest BCUT2D eigenvalue weighted by Gasteiger charge is -2.28. The second-order valence-corrected chi connectivity index (χ2v) is 4.16. The zero-order valence-electron chi connectivity index (χ0n) is 10.8. The predicted octanol–water partition coefficient (Wildman–Crippen LogP) is 1.31. The van der Waals surface area contributed by atoms with Crippen molar-refractivity contribution in [2.45, 2.75) is 44.8 Å². The summed E-state index contributed by atoms with van der Waals surface area (Å²) in [4.78, 5) is 11.1. The molecule has 17 heavy (non-hydrogen) atoms. The van der Waals surface area contributed by atoms with E-state index in [1.165, 1.54) is 6.08 Å². The van der Waals surface area contributed by atoms with Crippen molar-refractivity contribution in [1.82, 2.24) is 0 Å². The molecule has 0 radical (unpaired) electrons. The minimum Gasteiger partial charge on any atom is -0.394 e. The van der Waals surface area contributed by atoms with Crippen LogP contribution in [0.1, 0.15) is 32.6 Å². The highest BCUT2D eigenvalue weighted by molar-refractivity contribution is 5.88. The Hall–Kier alpha value is -0.710. The van der Waals surface area contributed by atoms with Crippen LogP contribution in [-0.2, 0) is 9.53 Å². The van der Waals surface area contributed by atoms with Gasteiger partial charge in [0.05, 0.1) is 18.8 Å². The van der Waals surface area contributed by atoms with Crippen molar-refractivity contribution in [2.75, 3.05) is 13.7 Å². The first-order chi connectivity index (χ1) is 8.10. The number of ketones is 1. The summed E-state index contributed by atoms with van der Waals surface area (Å²) >= 11 is 0. The first-order valence-electron chi connectivity index (χ1n) is 6.07. The van der Waals surface area contributed by atoms with E-state index < -0.39 is 6.10 Å². The van der Waals surface area contributed by atoms with Gasteiger partial charge in [-0.25, -0.2) is 0 Å². The molecule has 4 nitrogen and oxygen atoms in total. The van der Waals surface area contributed by atoms with Crippen LogP contribution in [0.4, 0.5) is 0 Å². The number of allylic oxidation sites excluding steroid dienone is 1. The molecule has 0 aliphatic rings. The molecule has 3 atom stereocenters. The van der Waals surface area contributed by atoms with Crippen molar-refractivity contribution in [3.63, 3.8) is 0 Å². The fourth-order valence-corrected chi connectivity index (χ4v) is 2.00. The molecule has 0 saturated carbocycles. The van der Waals surface area contributed by atoms with Crippen LogP contribution in [0.15, 0.2) is 12.7 Å². The van der Waals surface area contributed by atoms with Gasteiger partial charge in [0.1, 0.15) is 0 Å². The summed E-state index contributed by atoms with van der Waals surface area (Å²) in [6, 6.07) is 0. The van der Waals surface area contributed by atoms with Crippen LogP contribution in [0.25, 0.3) is 0 Å². The SMILES string of the molecule is C=CC(=O)CCCC(OC)C(CC)C(O)CO. The van der Waals surface area contributed by atoms with E-state index in [4.69, 9.17) is 9.84 Å². The highest BCUT2D eigenvalue weighted by Crippen LogP contribution is 2.21. The maximum atomic E-state index is 11.1. The normalized spacial score (nSPS) is 16.2. The molecule has 4 heteroatoms. The van der Waals surface area contributed by atoms with Gasteiger partial charge in [-0.15, -0.1) is 0 Å². The quantitative estimate of drug-likeness (QED) is 0.569. The lowest BCUT2D eigenvalue weighted by atomic mass is 9.90. The van der Waals surface area contributed by atoms with Gasteiger partial charge in [0.15, 0.2) is 5.78 Å². The number of hydrogen-bond acceptors (Lipinski definition) is 4. The summed E-state index contributed by atoms with van der Waals surface area (Å²) in [6.07, 6.45) is 3.02. The summed E-state index contributed by atoms with van der Waals surface area (Å²) in [7, 11) is 1.59. The van der Waals surface area contributed by atoms with Gasteiger partial charge in [-0.1, -0.05) is 13.5 Å². The van der Waals surface area contributed by atoms with E-state index in [0.29, 0.717) is 19.3 Å². The Morgan fingerprint density at radius 1 is 1.53 bits per heavy atom. The van der Waals surface area contributed by atoms with E-state index in [0.717, 1.165) is 6.42 Å². The monoisotopic (exact) mass is 244 g/mol.